The molecule has 0 amide bonds. The lowest BCUT2D eigenvalue weighted by molar-refractivity contribution is 0.243. The number of rotatable bonds is 6. The van der Waals surface area contributed by atoms with Crippen LogP contribution in [0.2, 0.25) is 0 Å². The Morgan fingerprint density at radius 2 is 1.57 bits per heavy atom. The fourth-order valence-corrected chi connectivity index (χ4v) is 2.86. The quantitative estimate of drug-likeness (QED) is 0.258. The highest BCUT2D eigenvalue weighted by Gasteiger charge is 2.15. The van der Waals surface area contributed by atoms with Crippen molar-refractivity contribution < 1.29 is 9.13 Å². The number of hydrazine groups is 2. The first-order valence-corrected chi connectivity index (χ1v) is 9.00. The molecule has 0 aliphatic carbocycles. The van der Waals surface area contributed by atoms with E-state index in [1.54, 1.807) is 18.2 Å². The number of amidine groups is 1. The highest BCUT2D eigenvalue weighted by molar-refractivity contribution is 6.05. The fraction of sp³-hybridized carbons (Fsp3) is 0.136. The van der Waals surface area contributed by atoms with Crippen LogP contribution in [0.3, 0.4) is 0 Å². The summed E-state index contributed by atoms with van der Waals surface area (Å²) in [6, 6.07) is 21.8. The number of ether oxygens (including phenoxy) is 1. The third kappa shape index (κ3) is 4.54. The maximum atomic E-state index is 14.1. The molecule has 0 aliphatic rings. The summed E-state index contributed by atoms with van der Waals surface area (Å²) >= 11 is 0. The molecule has 0 spiro atoms. The van der Waals surface area contributed by atoms with Crippen molar-refractivity contribution in [3.05, 3.63) is 84.2 Å². The number of nitrogens with two attached hydrogens (primary N) is 1. The predicted molar refractivity (Wildman–Crippen MR) is 111 cm³/mol. The van der Waals surface area contributed by atoms with Crippen molar-refractivity contribution in [1.82, 2.24) is 11.0 Å². The Hall–Kier alpha value is -3.22. The van der Waals surface area contributed by atoms with Gasteiger partial charge in [-0.25, -0.2) is 9.38 Å². The molecule has 0 aromatic heterocycles. The predicted octanol–water partition coefficient (Wildman–Crippen LogP) is 4.33. The van der Waals surface area contributed by atoms with Crippen molar-refractivity contribution in [2.75, 3.05) is 0 Å². The van der Waals surface area contributed by atoms with Crippen molar-refractivity contribution in [2.45, 2.75) is 20.0 Å². The van der Waals surface area contributed by atoms with E-state index in [2.05, 4.69) is 16.0 Å². The molecule has 3 aromatic carbocycles. The van der Waals surface area contributed by atoms with Crippen LogP contribution in [0.1, 0.15) is 19.4 Å². The van der Waals surface area contributed by atoms with Gasteiger partial charge in [-0.3, -0.25) is 11.3 Å². The highest BCUT2D eigenvalue weighted by Crippen LogP contribution is 2.33. The first-order valence-electron chi connectivity index (χ1n) is 9.00. The highest BCUT2D eigenvalue weighted by atomic mass is 19.1. The van der Waals surface area contributed by atoms with Crippen LogP contribution in [-0.2, 0) is 0 Å². The van der Waals surface area contributed by atoms with Gasteiger partial charge in [0.25, 0.3) is 0 Å². The minimum absolute atomic E-state index is 0.0312. The van der Waals surface area contributed by atoms with E-state index < -0.39 is 5.82 Å². The molecular weight excluding hydrogens is 355 g/mol. The Morgan fingerprint density at radius 3 is 2.29 bits per heavy atom. The van der Waals surface area contributed by atoms with Crippen LogP contribution in [-0.4, -0.2) is 11.9 Å². The molecule has 0 saturated carbocycles. The third-order valence-electron chi connectivity index (χ3n) is 4.00. The molecule has 0 fully saturated rings. The summed E-state index contributed by atoms with van der Waals surface area (Å²) in [5.74, 6) is 6.22. The van der Waals surface area contributed by atoms with E-state index in [9.17, 15) is 4.39 Å². The van der Waals surface area contributed by atoms with Gasteiger partial charge in [-0.05, 0) is 37.6 Å². The van der Waals surface area contributed by atoms with Crippen LogP contribution in [0.25, 0.3) is 11.1 Å². The minimum atomic E-state index is -0.417. The Morgan fingerprint density at radius 1 is 0.929 bits per heavy atom. The zero-order chi connectivity index (χ0) is 19.9. The summed E-state index contributed by atoms with van der Waals surface area (Å²) in [4.78, 5) is 4.44. The zero-order valence-corrected chi connectivity index (χ0v) is 15.8. The van der Waals surface area contributed by atoms with E-state index in [1.165, 1.54) is 6.07 Å². The summed E-state index contributed by atoms with van der Waals surface area (Å²) in [5.41, 5.74) is 7.97. The van der Waals surface area contributed by atoms with Crippen molar-refractivity contribution in [1.29, 1.82) is 0 Å². The fourth-order valence-electron chi connectivity index (χ4n) is 2.86. The van der Waals surface area contributed by atoms with Crippen LogP contribution in [0, 0.1) is 5.82 Å². The maximum absolute atomic E-state index is 14.1. The first-order chi connectivity index (χ1) is 13.6. The number of halogens is 1. The number of para-hydroxylation sites is 2. The van der Waals surface area contributed by atoms with Crippen LogP contribution >= 0.6 is 0 Å². The molecule has 28 heavy (non-hydrogen) atoms. The number of aliphatic imine (C=N–C) groups is 1. The van der Waals surface area contributed by atoms with Crippen LogP contribution in [0.5, 0.6) is 5.75 Å². The van der Waals surface area contributed by atoms with E-state index in [-0.39, 0.29) is 11.8 Å². The molecular formula is C22H23FN4O. The first kappa shape index (κ1) is 19.5. The topological polar surface area (TPSA) is 71.7 Å². The lowest BCUT2D eigenvalue weighted by Crippen LogP contribution is -2.42. The Kier molecular flexibility index (Phi) is 6.37. The smallest absolute Gasteiger partial charge is 0.149 e. The molecule has 6 heteroatoms. The number of nitrogens with zero attached hydrogens (tertiary/aromatic N) is 1. The molecule has 0 atom stereocenters. The molecule has 0 unspecified atom stereocenters. The number of benzene rings is 3. The molecule has 5 nitrogen and oxygen atoms in total. The van der Waals surface area contributed by atoms with Gasteiger partial charge in [0.2, 0.25) is 0 Å². The second-order valence-corrected chi connectivity index (χ2v) is 6.39. The van der Waals surface area contributed by atoms with Gasteiger partial charge in [-0.15, -0.1) is 0 Å². The lowest BCUT2D eigenvalue weighted by Gasteiger charge is -2.18. The summed E-state index contributed by atoms with van der Waals surface area (Å²) < 4.78 is 20.1. The molecule has 0 heterocycles. The molecule has 3 rings (SSSR count). The lowest BCUT2D eigenvalue weighted by atomic mass is 9.98. The minimum Gasteiger partial charge on any atom is -0.490 e. The Balaban J connectivity index is 2.15. The third-order valence-corrected chi connectivity index (χ3v) is 4.00. The Labute approximate surface area is 164 Å². The van der Waals surface area contributed by atoms with E-state index in [4.69, 9.17) is 10.6 Å². The van der Waals surface area contributed by atoms with Gasteiger partial charge in [0.1, 0.15) is 23.1 Å². The maximum Gasteiger partial charge on any atom is 0.149 e. The number of nitrogens with one attached hydrogen (secondary N) is 2. The summed E-state index contributed by atoms with van der Waals surface area (Å²) in [6.45, 7) is 3.96. The zero-order valence-electron chi connectivity index (χ0n) is 15.8. The molecule has 0 saturated heterocycles. The van der Waals surface area contributed by atoms with E-state index >= 15 is 0 Å². The standard InChI is InChI=1S/C22H23FN4O/c1-15(2)28-21-14-8-5-10-17(21)16-9-3-4-11-18(16)22(26-27-24)25-20-13-7-6-12-19(20)23/h3-15,27H,24H2,1-2H3,(H,25,26). The van der Waals surface area contributed by atoms with E-state index in [0.717, 1.165) is 22.4 Å². The molecule has 144 valence electrons. The van der Waals surface area contributed by atoms with Gasteiger partial charge in [0.15, 0.2) is 0 Å². The van der Waals surface area contributed by atoms with Gasteiger partial charge in [-0.1, -0.05) is 54.6 Å². The average molecular weight is 378 g/mol. The molecule has 3 aromatic rings. The van der Waals surface area contributed by atoms with Gasteiger partial charge >= 0.3 is 0 Å². The van der Waals surface area contributed by atoms with Gasteiger partial charge in [0.05, 0.1) is 6.10 Å². The van der Waals surface area contributed by atoms with Gasteiger partial charge < -0.3 is 4.74 Å². The van der Waals surface area contributed by atoms with Crippen molar-refractivity contribution in [2.24, 2.45) is 10.8 Å². The van der Waals surface area contributed by atoms with E-state index in [0.29, 0.717) is 5.84 Å². The molecule has 0 aliphatic heterocycles. The number of hydrogen-bond donors (Lipinski definition) is 3. The van der Waals surface area contributed by atoms with Crippen LogP contribution < -0.4 is 21.5 Å². The van der Waals surface area contributed by atoms with Crippen molar-refractivity contribution in [3.63, 3.8) is 0 Å². The van der Waals surface area contributed by atoms with Crippen LogP contribution in [0.4, 0.5) is 10.1 Å². The Bertz CT molecular complexity index is 972. The second kappa shape index (κ2) is 9.12. The summed E-state index contributed by atoms with van der Waals surface area (Å²) in [7, 11) is 0. The normalized spacial score (nSPS) is 11.5. The van der Waals surface area contributed by atoms with E-state index in [1.807, 2.05) is 62.4 Å². The SMILES string of the molecule is CC(C)Oc1ccccc1-c1ccccc1C(=Nc1ccccc1F)NNN. The van der Waals surface area contributed by atoms with Crippen LogP contribution in [0.15, 0.2) is 77.8 Å². The average Bonchev–Trinajstić information content (AvgIpc) is 2.69. The summed E-state index contributed by atoms with van der Waals surface area (Å²) in [5, 5.41) is 0. The second-order valence-electron chi connectivity index (χ2n) is 6.39. The number of hydrogen-bond acceptors (Lipinski definition) is 4. The van der Waals surface area contributed by atoms with Crippen molar-refractivity contribution in [3.8, 4) is 16.9 Å². The van der Waals surface area contributed by atoms with Gasteiger partial charge in [0, 0.05) is 11.1 Å². The monoisotopic (exact) mass is 378 g/mol. The molecule has 4 N–H and O–H groups in total. The largest absolute Gasteiger partial charge is 0.490 e. The molecule has 0 bridgehead atoms. The van der Waals surface area contributed by atoms with Crippen molar-refractivity contribution >= 4 is 11.5 Å². The summed E-state index contributed by atoms with van der Waals surface area (Å²) in [6.07, 6.45) is 0.0312. The van der Waals surface area contributed by atoms with Gasteiger partial charge in [-0.2, -0.15) is 5.53 Å². The molecule has 0 radical (unpaired) electrons.